The van der Waals surface area contributed by atoms with Gasteiger partial charge in [0.05, 0.1) is 23.1 Å². The van der Waals surface area contributed by atoms with Gasteiger partial charge in [0, 0.05) is 31.5 Å². The summed E-state index contributed by atoms with van der Waals surface area (Å²) in [7, 11) is -4.31. The molecule has 1 heterocycles. The van der Waals surface area contributed by atoms with Crippen LogP contribution in [0.5, 0.6) is 5.75 Å². The highest BCUT2D eigenvalue weighted by molar-refractivity contribution is 7.94. The third-order valence-corrected chi connectivity index (χ3v) is 9.03. The van der Waals surface area contributed by atoms with Crippen molar-refractivity contribution in [3.05, 3.63) is 64.7 Å². The maximum atomic E-state index is 13.5. The summed E-state index contributed by atoms with van der Waals surface area (Å²) in [5, 5.41) is 23.6. The summed E-state index contributed by atoms with van der Waals surface area (Å²) < 4.78 is 34.0. The molecule has 1 saturated heterocycles. The van der Waals surface area contributed by atoms with Gasteiger partial charge in [-0.2, -0.15) is 0 Å². The van der Waals surface area contributed by atoms with Crippen LogP contribution in [0.25, 0.3) is 6.08 Å². The van der Waals surface area contributed by atoms with Crippen LogP contribution in [0.15, 0.2) is 48.5 Å². The molecule has 0 spiro atoms. The molecule has 2 aromatic carbocycles. The summed E-state index contributed by atoms with van der Waals surface area (Å²) in [6.45, 7) is 4.53. The van der Waals surface area contributed by atoms with E-state index in [1.165, 1.54) is 13.0 Å². The summed E-state index contributed by atoms with van der Waals surface area (Å²) in [4.78, 5) is 13.8. The van der Waals surface area contributed by atoms with Crippen molar-refractivity contribution in [2.45, 2.75) is 44.5 Å². The fourth-order valence-electron chi connectivity index (χ4n) is 4.35. The van der Waals surface area contributed by atoms with E-state index >= 15 is 0 Å². The van der Waals surface area contributed by atoms with Crippen molar-refractivity contribution in [3.8, 4) is 5.75 Å². The maximum Gasteiger partial charge on any atom is 0.323 e. The molecule has 1 atom stereocenters. The number of carboxylic acids is 1. The second kappa shape index (κ2) is 13.0. The number of benzene rings is 2. The Hall–Kier alpha value is -3.57. The fourth-order valence-corrected chi connectivity index (χ4v) is 6.25. The average Bonchev–Trinajstić information content (AvgIpc) is 2.88. The van der Waals surface area contributed by atoms with Crippen LogP contribution in [-0.4, -0.2) is 67.1 Å². The number of anilines is 1. The van der Waals surface area contributed by atoms with Crippen LogP contribution in [0.2, 0.25) is 5.02 Å². The first-order valence-electron chi connectivity index (χ1n) is 12.6. The van der Waals surface area contributed by atoms with Gasteiger partial charge in [0.25, 0.3) is 0 Å². The molecule has 0 aliphatic carbocycles. The molecule has 5 N–H and O–H groups in total. The maximum absolute atomic E-state index is 13.5. The molecule has 3 rings (SSSR count). The van der Waals surface area contributed by atoms with Crippen LogP contribution in [0, 0.1) is 10.8 Å². The standard InChI is InChI=1S/C27H34ClN5O5S/c1-3-25(27(34)35)39(36,37)33(13-5-7-19-6-4-8-20(16-19)26(30)31)21-9-10-24(23(28)17-21)38-22-11-14-32(15-12-22)18(2)29/h4-10,16-17,22,25,29H,3,11-15H2,1-2H3,(H3,30,31)(H,34,35). The van der Waals surface area contributed by atoms with Crippen molar-refractivity contribution in [2.24, 2.45) is 5.73 Å². The van der Waals surface area contributed by atoms with Crippen LogP contribution in [0.4, 0.5) is 5.69 Å². The second-order valence-electron chi connectivity index (χ2n) is 9.26. The van der Waals surface area contributed by atoms with E-state index in [4.69, 9.17) is 32.9 Å². The van der Waals surface area contributed by atoms with E-state index in [9.17, 15) is 18.3 Å². The number of hydrogen-bond acceptors (Lipinski definition) is 6. The topological polar surface area (TPSA) is 161 Å². The lowest BCUT2D eigenvalue weighted by Gasteiger charge is -2.33. The summed E-state index contributed by atoms with van der Waals surface area (Å²) in [6, 6.07) is 11.5. The van der Waals surface area contributed by atoms with Gasteiger partial charge in [-0.05, 0) is 43.2 Å². The van der Waals surface area contributed by atoms with E-state index in [1.807, 2.05) is 4.90 Å². The molecule has 2 aromatic rings. The average molecular weight is 576 g/mol. The summed E-state index contributed by atoms with van der Waals surface area (Å²) in [6.07, 6.45) is 4.53. The summed E-state index contributed by atoms with van der Waals surface area (Å²) in [5.41, 5.74) is 7.00. The molecule has 0 aromatic heterocycles. The number of sulfonamides is 1. The van der Waals surface area contributed by atoms with Crippen molar-refractivity contribution < 1.29 is 23.1 Å². The molecule has 12 heteroatoms. The first-order valence-corrected chi connectivity index (χ1v) is 14.4. The smallest absolute Gasteiger partial charge is 0.323 e. The first kappa shape index (κ1) is 30.0. The Kier molecular flexibility index (Phi) is 9.98. The second-order valence-corrected chi connectivity index (χ2v) is 11.7. The van der Waals surface area contributed by atoms with Crippen molar-refractivity contribution >= 4 is 51.0 Å². The first-order chi connectivity index (χ1) is 18.4. The zero-order valence-electron chi connectivity index (χ0n) is 21.9. The van der Waals surface area contributed by atoms with Gasteiger partial charge in [-0.25, -0.2) is 8.42 Å². The molecule has 1 fully saturated rings. The number of carboxylic acid groups (broad SMARTS) is 1. The Morgan fingerprint density at radius 2 is 1.95 bits per heavy atom. The number of nitrogens with zero attached hydrogens (tertiary/aromatic N) is 2. The van der Waals surface area contributed by atoms with Crippen molar-refractivity contribution in [1.82, 2.24) is 4.90 Å². The number of carbonyl (C=O) groups is 1. The molecule has 0 amide bonds. The van der Waals surface area contributed by atoms with E-state index in [0.29, 0.717) is 35.8 Å². The normalized spacial score (nSPS) is 15.2. The lowest BCUT2D eigenvalue weighted by Crippen LogP contribution is -2.42. The highest BCUT2D eigenvalue weighted by Crippen LogP contribution is 2.33. The Labute approximate surface area is 234 Å². The lowest BCUT2D eigenvalue weighted by molar-refractivity contribution is -0.136. The van der Waals surface area contributed by atoms with Crippen LogP contribution in [0.1, 0.15) is 44.2 Å². The summed E-state index contributed by atoms with van der Waals surface area (Å²) >= 11 is 6.52. The lowest BCUT2D eigenvalue weighted by atomic mass is 10.1. The molecular formula is C27H34ClN5O5S. The molecule has 1 unspecified atom stereocenters. The minimum absolute atomic E-state index is 0.0889. The van der Waals surface area contributed by atoms with Crippen LogP contribution in [-0.2, 0) is 14.8 Å². The Morgan fingerprint density at radius 1 is 1.26 bits per heavy atom. The Balaban J connectivity index is 1.87. The van der Waals surface area contributed by atoms with E-state index < -0.39 is 21.2 Å². The van der Waals surface area contributed by atoms with Gasteiger partial charge in [0.1, 0.15) is 17.7 Å². The van der Waals surface area contributed by atoms with Crippen LogP contribution >= 0.6 is 11.6 Å². The predicted octanol–water partition coefficient (Wildman–Crippen LogP) is 4.18. The van der Waals surface area contributed by atoms with Crippen LogP contribution < -0.4 is 14.8 Å². The van der Waals surface area contributed by atoms with Gasteiger partial charge in [-0.15, -0.1) is 0 Å². The minimum Gasteiger partial charge on any atom is -0.489 e. The molecule has 210 valence electrons. The van der Waals surface area contributed by atoms with Gasteiger partial charge in [-0.3, -0.25) is 19.9 Å². The summed E-state index contributed by atoms with van der Waals surface area (Å²) in [5.74, 6) is -0.596. The number of amidine groups is 2. The SMILES string of the molecule is CCC(C(=O)O)S(=O)(=O)N(CC=Cc1cccc(C(=N)N)c1)c1ccc(OC2CCN(C(C)=N)CC2)c(Cl)c1. The molecule has 10 nitrogen and oxygen atoms in total. The van der Waals surface area contributed by atoms with Gasteiger partial charge < -0.3 is 20.5 Å². The quantitative estimate of drug-likeness (QED) is 0.231. The van der Waals surface area contributed by atoms with Gasteiger partial charge in [-0.1, -0.05) is 48.9 Å². The molecule has 0 saturated carbocycles. The van der Waals surface area contributed by atoms with E-state index in [0.717, 1.165) is 17.1 Å². The Bertz CT molecular complexity index is 1360. The van der Waals surface area contributed by atoms with Crippen LogP contribution in [0.3, 0.4) is 0 Å². The van der Waals surface area contributed by atoms with Crippen molar-refractivity contribution in [3.63, 3.8) is 0 Å². The van der Waals surface area contributed by atoms with Crippen molar-refractivity contribution in [2.75, 3.05) is 23.9 Å². The monoisotopic (exact) mass is 575 g/mol. The number of halogens is 1. The van der Waals surface area contributed by atoms with Gasteiger partial charge in [0.15, 0.2) is 5.25 Å². The number of hydrogen-bond donors (Lipinski definition) is 4. The zero-order chi connectivity index (χ0) is 28.7. The fraction of sp³-hybridized carbons (Fsp3) is 0.370. The minimum atomic E-state index is -4.31. The Morgan fingerprint density at radius 3 is 2.51 bits per heavy atom. The molecule has 1 aliphatic heterocycles. The number of ether oxygens (including phenoxy) is 1. The molecule has 0 bridgehead atoms. The molecule has 1 aliphatic rings. The zero-order valence-corrected chi connectivity index (χ0v) is 23.5. The molecule has 0 radical (unpaired) electrons. The number of nitrogens with two attached hydrogens (primary N) is 1. The van der Waals surface area contributed by atoms with E-state index in [-0.39, 0.29) is 35.6 Å². The number of piperidine rings is 1. The third kappa shape index (κ3) is 7.51. The number of nitrogen functional groups attached to an aromatic ring is 1. The number of rotatable bonds is 11. The third-order valence-electron chi connectivity index (χ3n) is 6.51. The van der Waals surface area contributed by atoms with E-state index in [2.05, 4.69) is 0 Å². The molecular weight excluding hydrogens is 542 g/mol. The number of nitrogens with one attached hydrogen (secondary N) is 2. The number of aliphatic carboxylic acids is 1. The predicted molar refractivity (Wildman–Crippen MR) is 155 cm³/mol. The van der Waals surface area contributed by atoms with Gasteiger partial charge >= 0.3 is 5.97 Å². The highest BCUT2D eigenvalue weighted by atomic mass is 35.5. The largest absolute Gasteiger partial charge is 0.489 e. The van der Waals surface area contributed by atoms with E-state index in [1.54, 1.807) is 55.5 Å². The highest BCUT2D eigenvalue weighted by Gasteiger charge is 2.36. The van der Waals surface area contributed by atoms with Crippen molar-refractivity contribution in [1.29, 1.82) is 10.8 Å². The number of likely N-dealkylation sites (tertiary alicyclic amines) is 1. The van der Waals surface area contributed by atoms with Gasteiger partial charge in [0.2, 0.25) is 10.0 Å². The molecule has 39 heavy (non-hydrogen) atoms.